The lowest BCUT2D eigenvalue weighted by atomic mass is 10.2. The summed E-state index contributed by atoms with van der Waals surface area (Å²) in [6, 6.07) is 4.23. The van der Waals surface area contributed by atoms with Gasteiger partial charge in [-0.15, -0.1) is 0 Å². The van der Waals surface area contributed by atoms with Gasteiger partial charge in [-0.25, -0.2) is 22.5 Å². The summed E-state index contributed by atoms with van der Waals surface area (Å²) in [5.74, 6) is -1.01. The molecule has 0 aliphatic rings. The Bertz CT molecular complexity index is 1420. The first-order valence-corrected chi connectivity index (χ1v) is 10.9. The minimum Gasteiger partial charge on any atom is -0.292 e. The van der Waals surface area contributed by atoms with E-state index in [9.17, 15) is 36.0 Å². The standard InChI is InChI=1S/C17H15F3N4O5S2/c1-8(2)31(28,29)22-15(26)14-10-6-9(4-5-11(10)30-21-14)24-13(25)7-12(17(18,19)20)23(3)16(24)27/h4-8H,1-3H3,(H,22,26). The molecule has 0 atom stereocenters. The average Bonchev–Trinajstić information content (AvgIpc) is 3.07. The summed E-state index contributed by atoms with van der Waals surface area (Å²) < 4.78 is 70.1. The SMILES string of the molecule is CC(C)S(=O)(=O)NC(=O)c1nsc2ccc(-n3c(=O)cc(C(F)(F)F)n(C)c3=O)cc12. The molecule has 1 amide bonds. The summed E-state index contributed by atoms with van der Waals surface area (Å²) in [5, 5.41) is -0.751. The van der Waals surface area contributed by atoms with Gasteiger partial charge in [0.25, 0.3) is 11.5 Å². The molecule has 0 spiro atoms. The molecule has 0 bridgehead atoms. The lowest BCUT2D eigenvalue weighted by Gasteiger charge is -2.14. The lowest BCUT2D eigenvalue weighted by molar-refractivity contribution is -0.144. The number of hydrogen-bond acceptors (Lipinski definition) is 7. The van der Waals surface area contributed by atoms with Crippen molar-refractivity contribution in [3.8, 4) is 5.69 Å². The predicted octanol–water partition coefficient (Wildman–Crippen LogP) is 1.63. The van der Waals surface area contributed by atoms with Gasteiger partial charge in [0.05, 0.1) is 15.6 Å². The fourth-order valence-electron chi connectivity index (χ4n) is 2.66. The smallest absolute Gasteiger partial charge is 0.292 e. The van der Waals surface area contributed by atoms with Gasteiger partial charge in [-0.05, 0) is 43.6 Å². The summed E-state index contributed by atoms with van der Waals surface area (Å²) in [5.41, 5.74) is -4.23. The van der Waals surface area contributed by atoms with Gasteiger partial charge >= 0.3 is 11.9 Å². The molecule has 0 fully saturated rings. The van der Waals surface area contributed by atoms with Crippen molar-refractivity contribution in [3.63, 3.8) is 0 Å². The minimum atomic E-state index is -4.90. The van der Waals surface area contributed by atoms with Gasteiger partial charge < -0.3 is 0 Å². The molecule has 0 unspecified atom stereocenters. The zero-order chi connectivity index (χ0) is 23.3. The highest BCUT2D eigenvalue weighted by Crippen LogP contribution is 2.28. The van der Waals surface area contributed by atoms with Gasteiger partial charge in [-0.1, -0.05) is 0 Å². The Balaban J connectivity index is 2.16. The van der Waals surface area contributed by atoms with Crippen LogP contribution in [0.25, 0.3) is 15.8 Å². The number of rotatable bonds is 4. The summed E-state index contributed by atoms with van der Waals surface area (Å²) >= 11 is 0.873. The molecule has 9 nitrogen and oxygen atoms in total. The molecule has 0 saturated carbocycles. The first-order valence-electron chi connectivity index (χ1n) is 8.60. The number of carbonyl (C=O) groups excluding carboxylic acids is 1. The van der Waals surface area contributed by atoms with Gasteiger partial charge in [0.1, 0.15) is 5.69 Å². The third kappa shape index (κ3) is 4.12. The maximum Gasteiger partial charge on any atom is 0.431 e. The molecule has 31 heavy (non-hydrogen) atoms. The van der Waals surface area contributed by atoms with Gasteiger partial charge in [0.15, 0.2) is 5.69 Å². The van der Waals surface area contributed by atoms with E-state index in [1.54, 1.807) is 0 Å². The number of carbonyl (C=O) groups is 1. The molecular weight excluding hydrogens is 461 g/mol. The monoisotopic (exact) mass is 476 g/mol. The largest absolute Gasteiger partial charge is 0.431 e. The number of aromatic nitrogens is 3. The van der Waals surface area contributed by atoms with E-state index in [1.807, 2.05) is 4.72 Å². The van der Waals surface area contributed by atoms with Crippen molar-refractivity contribution >= 4 is 37.5 Å². The van der Waals surface area contributed by atoms with E-state index in [0.717, 1.165) is 18.6 Å². The minimum absolute atomic E-state index is 0.104. The summed E-state index contributed by atoms with van der Waals surface area (Å²) in [6.45, 7) is 2.75. The molecule has 3 rings (SSSR count). The Morgan fingerprint density at radius 1 is 1.19 bits per heavy atom. The Kier molecular flexibility index (Phi) is 5.56. The molecule has 14 heteroatoms. The molecule has 1 N–H and O–H groups in total. The van der Waals surface area contributed by atoms with Crippen LogP contribution in [0.4, 0.5) is 13.2 Å². The molecule has 166 valence electrons. The number of nitrogens with one attached hydrogen (secondary N) is 1. The first-order chi connectivity index (χ1) is 14.2. The highest BCUT2D eigenvalue weighted by Gasteiger charge is 2.35. The third-order valence-electron chi connectivity index (χ3n) is 4.39. The second kappa shape index (κ2) is 7.60. The fraction of sp³-hybridized carbons (Fsp3) is 0.294. The molecule has 3 aromatic rings. The van der Waals surface area contributed by atoms with Crippen molar-refractivity contribution in [1.29, 1.82) is 0 Å². The number of hydrogen-bond donors (Lipinski definition) is 1. The number of fused-ring (bicyclic) bond motifs is 1. The van der Waals surface area contributed by atoms with Crippen LogP contribution in [0.2, 0.25) is 0 Å². The van der Waals surface area contributed by atoms with Crippen LogP contribution >= 0.6 is 11.5 Å². The van der Waals surface area contributed by atoms with E-state index in [-0.39, 0.29) is 16.8 Å². The maximum absolute atomic E-state index is 13.0. The highest BCUT2D eigenvalue weighted by molar-refractivity contribution is 7.90. The lowest BCUT2D eigenvalue weighted by Crippen LogP contribution is -2.40. The normalized spacial score (nSPS) is 12.5. The number of amides is 1. The third-order valence-corrected chi connectivity index (χ3v) is 6.93. The molecule has 0 aliphatic carbocycles. The molecule has 2 aromatic heterocycles. The number of alkyl halides is 3. The van der Waals surface area contributed by atoms with Crippen LogP contribution < -0.4 is 16.0 Å². The first kappa shape index (κ1) is 22.7. The Morgan fingerprint density at radius 3 is 2.42 bits per heavy atom. The van der Waals surface area contributed by atoms with Crippen molar-refractivity contribution in [3.05, 3.63) is 56.5 Å². The van der Waals surface area contributed by atoms with E-state index in [1.165, 1.54) is 32.0 Å². The quantitative estimate of drug-likeness (QED) is 0.611. The zero-order valence-electron chi connectivity index (χ0n) is 16.2. The van der Waals surface area contributed by atoms with Crippen molar-refractivity contribution in [2.24, 2.45) is 7.05 Å². The van der Waals surface area contributed by atoms with Gasteiger partial charge in [0, 0.05) is 18.5 Å². The summed E-state index contributed by atoms with van der Waals surface area (Å²) in [4.78, 5) is 37.2. The van der Waals surface area contributed by atoms with E-state index in [2.05, 4.69) is 4.37 Å². The Labute approximate surface area is 177 Å². The van der Waals surface area contributed by atoms with Crippen molar-refractivity contribution in [2.45, 2.75) is 25.3 Å². The van der Waals surface area contributed by atoms with E-state index >= 15 is 0 Å². The van der Waals surface area contributed by atoms with E-state index in [4.69, 9.17) is 0 Å². The van der Waals surface area contributed by atoms with Crippen LogP contribution in [0.15, 0.2) is 33.9 Å². The summed E-state index contributed by atoms with van der Waals surface area (Å²) in [7, 11) is -3.07. The number of halogens is 3. The van der Waals surface area contributed by atoms with Crippen LogP contribution in [0.1, 0.15) is 30.0 Å². The van der Waals surface area contributed by atoms with E-state index in [0.29, 0.717) is 19.9 Å². The maximum atomic E-state index is 13.0. The molecule has 1 aromatic carbocycles. The number of nitrogens with zero attached hydrogens (tertiary/aromatic N) is 3. The van der Waals surface area contributed by atoms with Gasteiger partial charge in [0.2, 0.25) is 10.0 Å². The molecule has 0 aliphatic heterocycles. The van der Waals surface area contributed by atoms with Gasteiger partial charge in [-0.2, -0.15) is 17.5 Å². The number of benzene rings is 1. The van der Waals surface area contributed by atoms with Crippen LogP contribution in [0.3, 0.4) is 0 Å². The zero-order valence-corrected chi connectivity index (χ0v) is 17.9. The fourth-order valence-corrected chi connectivity index (χ4v) is 4.00. The van der Waals surface area contributed by atoms with Crippen LogP contribution in [-0.4, -0.2) is 33.1 Å². The molecular formula is C17H15F3N4O5S2. The molecule has 0 saturated heterocycles. The predicted molar refractivity (Wildman–Crippen MR) is 107 cm³/mol. The second-order valence-electron chi connectivity index (χ2n) is 6.78. The molecule has 0 radical (unpaired) electrons. The topological polar surface area (TPSA) is 120 Å². The summed E-state index contributed by atoms with van der Waals surface area (Å²) in [6.07, 6.45) is -4.90. The average molecular weight is 476 g/mol. The van der Waals surface area contributed by atoms with E-state index < -0.39 is 44.3 Å². The molecule has 2 heterocycles. The second-order valence-corrected chi connectivity index (χ2v) is 9.82. The Morgan fingerprint density at radius 2 is 1.84 bits per heavy atom. The van der Waals surface area contributed by atoms with Gasteiger partial charge in [-0.3, -0.25) is 14.2 Å². The Hall–Kier alpha value is -3.00. The van der Waals surface area contributed by atoms with Crippen LogP contribution in [-0.2, 0) is 23.2 Å². The highest BCUT2D eigenvalue weighted by atomic mass is 32.2. The number of sulfonamides is 1. The van der Waals surface area contributed by atoms with Crippen LogP contribution in [0.5, 0.6) is 0 Å². The van der Waals surface area contributed by atoms with Crippen molar-refractivity contribution < 1.29 is 26.4 Å². The van der Waals surface area contributed by atoms with Crippen LogP contribution in [0, 0.1) is 0 Å². The van der Waals surface area contributed by atoms with Crippen molar-refractivity contribution in [1.82, 2.24) is 18.2 Å². The van der Waals surface area contributed by atoms with Crippen molar-refractivity contribution in [2.75, 3.05) is 0 Å².